The average Bonchev–Trinajstić information content (AvgIpc) is 2.46. The van der Waals surface area contributed by atoms with Crippen molar-refractivity contribution >= 4 is 0 Å². The predicted molar refractivity (Wildman–Crippen MR) is 83.9 cm³/mol. The summed E-state index contributed by atoms with van der Waals surface area (Å²) < 4.78 is 0. The highest BCUT2D eigenvalue weighted by Gasteiger charge is 2.29. The Morgan fingerprint density at radius 3 is 2.32 bits per heavy atom. The summed E-state index contributed by atoms with van der Waals surface area (Å²) in [7, 11) is 0. The van der Waals surface area contributed by atoms with Gasteiger partial charge in [-0.2, -0.15) is 0 Å². The Bertz CT molecular complexity index is 313. The molecule has 0 bridgehead atoms. The Labute approximate surface area is 119 Å². The van der Waals surface area contributed by atoms with Crippen molar-refractivity contribution in [3.63, 3.8) is 0 Å². The maximum Gasteiger partial charge on any atom is 0.0428 e. The molecule has 0 spiro atoms. The minimum absolute atomic E-state index is 0.269. The van der Waals surface area contributed by atoms with E-state index in [-0.39, 0.29) is 5.41 Å². The first-order valence-corrected chi connectivity index (χ1v) is 7.45. The molecular weight excluding hydrogens is 234 g/mol. The van der Waals surface area contributed by atoms with Crippen LogP contribution in [0.1, 0.15) is 60.3 Å². The van der Waals surface area contributed by atoms with Crippen molar-refractivity contribution in [2.45, 2.75) is 60.3 Å². The van der Waals surface area contributed by atoms with Gasteiger partial charge in [-0.25, -0.2) is 0 Å². The largest absolute Gasteiger partial charge is 0.388 e. The smallest absolute Gasteiger partial charge is 0.0428 e. The maximum atomic E-state index is 5.43. The first-order valence-electron chi connectivity index (χ1n) is 7.45. The van der Waals surface area contributed by atoms with Gasteiger partial charge in [0.25, 0.3) is 0 Å². The van der Waals surface area contributed by atoms with E-state index in [1.54, 1.807) is 0 Å². The van der Waals surface area contributed by atoms with Gasteiger partial charge < -0.3 is 10.7 Å². The van der Waals surface area contributed by atoms with Gasteiger partial charge in [-0.3, -0.25) is 5.84 Å². The third kappa shape index (κ3) is 6.02. The lowest BCUT2D eigenvalue weighted by molar-refractivity contribution is 0.215. The maximum absolute atomic E-state index is 5.43. The molecule has 0 aromatic rings. The van der Waals surface area contributed by atoms with Crippen molar-refractivity contribution < 1.29 is 0 Å². The van der Waals surface area contributed by atoms with E-state index in [2.05, 4.69) is 57.2 Å². The summed E-state index contributed by atoms with van der Waals surface area (Å²) in [5.41, 5.74) is 3.98. The summed E-state index contributed by atoms with van der Waals surface area (Å²) in [5.74, 6) is 12.5. The van der Waals surface area contributed by atoms with E-state index in [9.17, 15) is 0 Å². The molecule has 0 rings (SSSR count). The molecule has 0 saturated heterocycles. The number of nitrogens with two attached hydrogens (primary N) is 1. The fraction of sp³-hybridized carbons (Fsp3) is 0.750. The van der Waals surface area contributed by atoms with Crippen LogP contribution in [0.5, 0.6) is 0 Å². The van der Waals surface area contributed by atoms with E-state index in [0.29, 0.717) is 5.92 Å². The van der Waals surface area contributed by atoms with Crippen molar-refractivity contribution in [2.24, 2.45) is 17.2 Å². The van der Waals surface area contributed by atoms with Crippen LogP contribution in [0.15, 0.2) is 11.9 Å². The molecule has 1 unspecified atom stereocenters. The molecule has 0 saturated carbocycles. The number of allylic oxidation sites excluding steroid dienone is 1. The minimum Gasteiger partial charge on any atom is -0.388 e. The molecule has 0 aromatic heterocycles. The Balaban J connectivity index is 4.75. The van der Waals surface area contributed by atoms with Crippen LogP contribution in [0.3, 0.4) is 0 Å². The molecule has 0 fully saturated rings. The number of rotatable bonds is 8. The summed E-state index contributed by atoms with van der Waals surface area (Å²) in [6.07, 6.45) is 6.07. The number of hydrazine groups is 1. The molecular formula is C16H31N3. The van der Waals surface area contributed by atoms with Crippen LogP contribution in [-0.2, 0) is 0 Å². The highest BCUT2D eigenvalue weighted by molar-refractivity contribution is 5.09. The summed E-state index contributed by atoms with van der Waals surface area (Å²) in [5, 5.41) is 3.36. The third-order valence-corrected chi connectivity index (χ3v) is 4.07. The van der Waals surface area contributed by atoms with Gasteiger partial charge in [0.05, 0.1) is 0 Å². The van der Waals surface area contributed by atoms with Crippen molar-refractivity contribution in [2.75, 3.05) is 6.54 Å². The van der Waals surface area contributed by atoms with Crippen molar-refractivity contribution in [3.05, 3.63) is 11.9 Å². The van der Waals surface area contributed by atoms with Gasteiger partial charge in [0.15, 0.2) is 0 Å². The quantitative estimate of drug-likeness (QED) is 0.359. The van der Waals surface area contributed by atoms with E-state index in [1.165, 1.54) is 0 Å². The van der Waals surface area contributed by atoms with E-state index in [1.807, 2.05) is 6.20 Å². The van der Waals surface area contributed by atoms with E-state index < -0.39 is 0 Å². The average molecular weight is 265 g/mol. The van der Waals surface area contributed by atoms with Crippen LogP contribution in [-0.4, -0.2) is 6.54 Å². The molecule has 0 aromatic carbocycles. The lowest BCUT2D eigenvalue weighted by atomic mass is 9.73. The first-order chi connectivity index (χ1) is 9.07. The Morgan fingerprint density at radius 1 is 1.26 bits per heavy atom. The van der Waals surface area contributed by atoms with Crippen molar-refractivity contribution in [1.29, 1.82) is 0 Å². The first kappa shape index (κ1) is 17.9. The topological polar surface area (TPSA) is 50.1 Å². The van der Waals surface area contributed by atoms with Crippen LogP contribution >= 0.6 is 0 Å². The summed E-state index contributed by atoms with van der Waals surface area (Å²) >= 11 is 0. The molecule has 3 nitrogen and oxygen atoms in total. The van der Waals surface area contributed by atoms with Gasteiger partial charge >= 0.3 is 0 Å². The molecule has 0 aliphatic carbocycles. The molecule has 19 heavy (non-hydrogen) atoms. The lowest BCUT2D eigenvalue weighted by Crippen LogP contribution is -2.33. The molecule has 110 valence electrons. The normalized spacial score (nSPS) is 13.5. The molecule has 1 atom stereocenters. The standard InChI is InChI=1S/C16H31N3/c1-6-10-11-14(16(5,8-3)9-4)12-18-13-15(7-2)19-17/h13-14,18-19H,6-9,12,17H2,1-5H3/b15-13-. The second-order valence-electron chi connectivity index (χ2n) is 5.16. The van der Waals surface area contributed by atoms with Gasteiger partial charge in [0, 0.05) is 30.8 Å². The molecule has 4 N–H and O–H groups in total. The monoisotopic (exact) mass is 265 g/mol. The zero-order chi connectivity index (χ0) is 14.7. The molecule has 0 radical (unpaired) electrons. The number of hydrogen-bond donors (Lipinski definition) is 3. The third-order valence-electron chi connectivity index (χ3n) is 4.07. The fourth-order valence-corrected chi connectivity index (χ4v) is 1.99. The van der Waals surface area contributed by atoms with E-state index in [4.69, 9.17) is 5.84 Å². The Morgan fingerprint density at radius 2 is 1.89 bits per heavy atom. The van der Waals surface area contributed by atoms with Crippen LogP contribution in [0.4, 0.5) is 0 Å². The molecule has 3 heteroatoms. The molecule has 0 amide bonds. The Kier molecular flexibility index (Phi) is 9.16. The van der Waals surface area contributed by atoms with Crippen LogP contribution < -0.4 is 16.6 Å². The number of nitrogens with one attached hydrogen (secondary N) is 2. The molecule has 0 aliphatic rings. The van der Waals surface area contributed by atoms with Gasteiger partial charge in [0.1, 0.15) is 0 Å². The molecule has 0 heterocycles. The van der Waals surface area contributed by atoms with Crippen LogP contribution in [0.25, 0.3) is 0 Å². The zero-order valence-electron chi connectivity index (χ0n) is 13.3. The van der Waals surface area contributed by atoms with Crippen molar-refractivity contribution in [1.82, 2.24) is 10.7 Å². The fourth-order valence-electron chi connectivity index (χ4n) is 1.99. The highest BCUT2D eigenvalue weighted by atomic mass is 15.2. The van der Waals surface area contributed by atoms with Crippen LogP contribution in [0.2, 0.25) is 0 Å². The summed E-state index contributed by atoms with van der Waals surface area (Å²) in [4.78, 5) is 0. The second kappa shape index (κ2) is 9.75. The van der Waals surface area contributed by atoms with E-state index in [0.717, 1.165) is 37.9 Å². The minimum atomic E-state index is 0.269. The van der Waals surface area contributed by atoms with Gasteiger partial charge in [-0.05, 0) is 24.7 Å². The van der Waals surface area contributed by atoms with E-state index >= 15 is 0 Å². The van der Waals surface area contributed by atoms with Gasteiger partial charge in [0.2, 0.25) is 0 Å². The predicted octanol–water partition coefficient (Wildman–Crippen LogP) is 3.15. The summed E-state index contributed by atoms with van der Waals surface area (Å²) in [6, 6.07) is 0. The highest BCUT2D eigenvalue weighted by Crippen LogP contribution is 2.34. The van der Waals surface area contributed by atoms with Crippen LogP contribution in [0, 0.1) is 23.2 Å². The lowest BCUT2D eigenvalue weighted by Gasteiger charge is -2.33. The van der Waals surface area contributed by atoms with Gasteiger partial charge in [-0.1, -0.05) is 40.5 Å². The number of hydrogen-bond acceptors (Lipinski definition) is 3. The summed E-state index contributed by atoms with van der Waals surface area (Å²) in [6.45, 7) is 11.9. The Hall–Kier alpha value is -1.14. The van der Waals surface area contributed by atoms with Gasteiger partial charge in [-0.15, -0.1) is 5.92 Å². The van der Waals surface area contributed by atoms with Crippen molar-refractivity contribution in [3.8, 4) is 11.8 Å². The SMILES string of the molecule is CCC#CC(CN/C=C(/CC)NN)C(C)(CC)CC. The molecule has 0 aliphatic heterocycles. The second-order valence-corrected chi connectivity index (χ2v) is 5.16. The zero-order valence-corrected chi connectivity index (χ0v) is 13.3.